The third-order valence-corrected chi connectivity index (χ3v) is 9.03. The van der Waals surface area contributed by atoms with Gasteiger partial charge in [-0.05, 0) is 69.4 Å². The number of rotatable bonds is 5. The highest BCUT2D eigenvalue weighted by Crippen LogP contribution is 2.48. The number of aryl methyl sites for hydroxylation is 2. The zero-order valence-corrected chi connectivity index (χ0v) is 30.0. The Balaban J connectivity index is 1.68. The Hall–Kier alpha value is -3.17. The van der Waals surface area contributed by atoms with Crippen molar-refractivity contribution in [3.63, 3.8) is 0 Å². The summed E-state index contributed by atoms with van der Waals surface area (Å²) in [6, 6.07) is 14.2. The van der Waals surface area contributed by atoms with Crippen LogP contribution in [0.4, 0.5) is 0 Å². The molecule has 4 rings (SSSR count). The molecule has 2 unspecified atom stereocenters. The average Bonchev–Trinajstić information content (AvgIpc) is 3.18. The molecule has 0 bridgehead atoms. The van der Waals surface area contributed by atoms with E-state index >= 15 is 0 Å². The Kier molecular flexibility index (Phi) is 8.68. The minimum Gasteiger partial charge on any atom is -0.425 e. The summed E-state index contributed by atoms with van der Waals surface area (Å²) < 4.78 is 31.2. The van der Waals surface area contributed by atoms with Crippen molar-refractivity contribution in [2.75, 3.05) is 0 Å². The molecule has 0 radical (unpaired) electrons. The van der Waals surface area contributed by atoms with Gasteiger partial charge in [-0.3, -0.25) is 4.79 Å². The lowest BCUT2D eigenvalue weighted by Crippen LogP contribution is -2.17. The Morgan fingerprint density at radius 1 is 0.659 bits per heavy atom. The second-order valence-electron chi connectivity index (χ2n) is 16.4. The summed E-state index contributed by atoms with van der Waals surface area (Å²) in [6.45, 7) is 29.6. The van der Waals surface area contributed by atoms with Gasteiger partial charge in [-0.15, -0.1) is 0 Å². The summed E-state index contributed by atoms with van der Waals surface area (Å²) in [5, 5.41) is 0. The van der Waals surface area contributed by atoms with Gasteiger partial charge in [-0.2, -0.15) is 0 Å². The second kappa shape index (κ2) is 11.3. The standard InChI is InChI=1S/C38H50O5P/c1-22-17-24(31-27-19-26(36(6,7)8)21-29(38(12,13)14)33(27)41-34(31)39)18-23(2)32(22)43-44(40)42-30-16-15-25(35(3,4)5)20-28(30)37(9,10)11/h15-21,31H,1-14H3/q+1. The van der Waals surface area contributed by atoms with E-state index in [0.717, 1.165) is 38.9 Å². The van der Waals surface area contributed by atoms with Crippen LogP contribution in [0.25, 0.3) is 0 Å². The molecule has 1 heterocycles. The van der Waals surface area contributed by atoms with Gasteiger partial charge in [0.15, 0.2) is 11.5 Å². The van der Waals surface area contributed by atoms with Gasteiger partial charge in [0.2, 0.25) is 0 Å². The number of carbonyl (C=O) groups is 1. The maximum Gasteiger partial charge on any atom is 0.805 e. The Morgan fingerprint density at radius 3 is 1.68 bits per heavy atom. The normalized spacial score (nSPS) is 16.0. The zero-order valence-electron chi connectivity index (χ0n) is 29.1. The summed E-state index contributed by atoms with van der Waals surface area (Å²) in [6.07, 6.45) is 0. The molecular formula is C38H50O5P+. The molecule has 0 N–H and O–H groups in total. The first-order chi connectivity index (χ1) is 20.0. The fraction of sp³-hybridized carbons (Fsp3) is 0.500. The number of ether oxygens (including phenoxy) is 1. The topological polar surface area (TPSA) is 61.8 Å². The van der Waals surface area contributed by atoms with Crippen molar-refractivity contribution in [3.05, 3.63) is 87.0 Å². The van der Waals surface area contributed by atoms with Crippen molar-refractivity contribution >= 4 is 14.2 Å². The van der Waals surface area contributed by atoms with Gasteiger partial charge < -0.3 is 4.74 Å². The van der Waals surface area contributed by atoms with Crippen LogP contribution in [-0.2, 0) is 31.0 Å². The van der Waals surface area contributed by atoms with E-state index in [2.05, 4.69) is 101 Å². The van der Waals surface area contributed by atoms with Crippen LogP contribution >= 0.6 is 8.25 Å². The predicted octanol–water partition coefficient (Wildman–Crippen LogP) is 10.7. The molecule has 3 aromatic carbocycles. The SMILES string of the molecule is Cc1cc(C2C(=O)Oc3c2cc(C(C)(C)C)cc3C(C)(C)C)cc(C)c1O[P+](=O)Oc1ccc(C(C)(C)C)cc1C(C)(C)C. The van der Waals surface area contributed by atoms with Gasteiger partial charge in [0, 0.05) is 21.3 Å². The van der Waals surface area contributed by atoms with Crippen LogP contribution in [0.5, 0.6) is 17.2 Å². The van der Waals surface area contributed by atoms with Crippen molar-refractivity contribution in [1.82, 2.24) is 0 Å². The van der Waals surface area contributed by atoms with Crippen molar-refractivity contribution in [2.24, 2.45) is 0 Å². The van der Waals surface area contributed by atoms with E-state index in [-0.39, 0.29) is 27.6 Å². The van der Waals surface area contributed by atoms with Crippen molar-refractivity contribution in [2.45, 2.75) is 125 Å². The summed E-state index contributed by atoms with van der Waals surface area (Å²) in [4.78, 5) is 13.4. The van der Waals surface area contributed by atoms with E-state index in [0.29, 0.717) is 17.2 Å². The zero-order chi connectivity index (χ0) is 33.2. The number of hydrogen-bond donors (Lipinski definition) is 0. The number of fused-ring (bicyclic) bond motifs is 1. The van der Waals surface area contributed by atoms with Crippen LogP contribution in [0.1, 0.15) is 134 Å². The van der Waals surface area contributed by atoms with E-state index in [4.69, 9.17) is 13.8 Å². The lowest BCUT2D eigenvalue weighted by Gasteiger charge is -2.27. The monoisotopic (exact) mass is 617 g/mol. The van der Waals surface area contributed by atoms with Gasteiger partial charge in [-0.1, -0.05) is 119 Å². The Labute approximate surface area is 265 Å². The molecule has 236 valence electrons. The van der Waals surface area contributed by atoms with Crippen LogP contribution < -0.4 is 13.8 Å². The number of esters is 1. The molecule has 0 fully saturated rings. The molecule has 5 nitrogen and oxygen atoms in total. The Bertz CT molecular complexity index is 1600. The van der Waals surface area contributed by atoms with Gasteiger partial charge in [0.05, 0.1) is 0 Å². The van der Waals surface area contributed by atoms with Crippen molar-refractivity contribution in [1.29, 1.82) is 0 Å². The lowest BCUT2D eigenvalue weighted by atomic mass is 9.77. The van der Waals surface area contributed by atoms with E-state index in [9.17, 15) is 9.36 Å². The van der Waals surface area contributed by atoms with E-state index in [1.165, 1.54) is 5.56 Å². The fourth-order valence-electron chi connectivity index (χ4n) is 5.70. The molecule has 0 saturated carbocycles. The van der Waals surface area contributed by atoms with Crippen LogP contribution in [0.3, 0.4) is 0 Å². The first-order valence-electron chi connectivity index (χ1n) is 15.5. The molecular weight excluding hydrogens is 567 g/mol. The van der Waals surface area contributed by atoms with Gasteiger partial charge >= 0.3 is 14.2 Å². The number of carbonyl (C=O) groups excluding carboxylic acids is 1. The van der Waals surface area contributed by atoms with E-state index < -0.39 is 14.2 Å². The first-order valence-corrected chi connectivity index (χ1v) is 16.6. The Morgan fingerprint density at radius 2 is 1.18 bits per heavy atom. The highest BCUT2D eigenvalue weighted by molar-refractivity contribution is 7.34. The van der Waals surface area contributed by atoms with Crippen molar-refractivity contribution in [3.8, 4) is 17.2 Å². The molecule has 1 aliphatic rings. The van der Waals surface area contributed by atoms with E-state index in [1.807, 2.05) is 38.1 Å². The molecule has 0 saturated heterocycles. The summed E-state index contributed by atoms with van der Waals surface area (Å²) in [5.74, 6) is 0.865. The summed E-state index contributed by atoms with van der Waals surface area (Å²) in [7, 11) is -2.51. The molecule has 2 atom stereocenters. The molecule has 3 aromatic rings. The minimum atomic E-state index is -2.51. The fourth-order valence-corrected chi connectivity index (χ4v) is 6.50. The van der Waals surface area contributed by atoms with Crippen LogP contribution in [0, 0.1) is 13.8 Å². The molecule has 0 aliphatic carbocycles. The molecule has 1 aliphatic heterocycles. The van der Waals surface area contributed by atoms with Crippen LogP contribution in [-0.4, -0.2) is 5.97 Å². The molecule has 0 spiro atoms. The smallest absolute Gasteiger partial charge is 0.425 e. The van der Waals surface area contributed by atoms with Crippen LogP contribution in [0.15, 0.2) is 42.5 Å². The third kappa shape index (κ3) is 6.89. The molecule has 44 heavy (non-hydrogen) atoms. The van der Waals surface area contributed by atoms with E-state index in [1.54, 1.807) is 0 Å². The summed E-state index contributed by atoms with van der Waals surface area (Å²) >= 11 is 0. The average molecular weight is 618 g/mol. The van der Waals surface area contributed by atoms with Gasteiger partial charge in [0.25, 0.3) is 0 Å². The summed E-state index contributed by atoms with van der Waals surface area (Å²) in [5.41, 5.74) is 7.08. The van der Waals surface area contributed by atoms with Gasteiger partial charge in [0.1, 0.15) is 11.7 Å². The third-order valence-electron chi connectivity index (χ3n) is 8.35. The quantitative estimate of drug-likeness (QED) is 0.162. The van der Waals surface area contributed by atoms with Crippen molar-refractivity contribution < 1.29 is 23.1 Å². The maximum atomic E-state index is 13.4. The molecule has 6 heteroatoms. The molecule has 0 amide bonds. The lowest BCUT2D eigenvalue weighted by molar-refractivity contribution is -0.133. The molecule has 0 aromatic heterocycles. The van der Waals surface area contributed by atoms with Crippen LogP contribution in [0.2, 0.25) is 0 Å². The maximum absolute atomic E-state index is 13.4. The largest absolute Gasteiger partial charge is 0.805 e. The number of benzene rings is 3. The second-order valence-corrected chi connectivity index (χ2v) is 17.2. The number of hydrogen-bond acceptors (Lipinski definition) is 5. The predicted molar refractivity (Wildman–Crippen MR) is 180 cm³/mol. The highest BCUT2D eigenvalue weighted by atomic mass is 31.1. The minimum absolute atomic E-state index is 0.0257. The first kappa shape index (κ1) is 33.7. The highest BCUT2D eigenvalue weighted by Gasteiger charge is 2.40. The van der Waals surface area contributed by atoms with Gasteiger partial charge in [-0.25, -0.2) is 9.05 Å².